The van der Waals surface area contributed by atoms with E-state index in [1.165, 1.54) is 5.56 Å². The summed E-state index contributed by atoms with van der Waals surface area (Å²) in [5, 5.41) is 2.99. The molecule has 2 saturated heterocycles. The Morgan fingerprint density at radius 3 is 2.67 bits per heavy atom. The molecule has 1 aliphatic carbocycles. The summed E-state index contributed by atoms with van der Waals surface area (Å²) in [6.07, 6.45) is 3.07. The van der Waals surface area contributed by atoms with E-state index < -0.39 is 0 Å². The van der Waals surface area contributed by atoms with Gasteiger partial charge in [0.1, 0.15) is 11.6 Å². The molecular formula is C18H26N4O2. The van der Waals surface area contributed by atoms with Crippen LogP contribution in [-0.4, -0.2) is 62.2 Å². The molecule has 0 aromatic carbocycles. The van der Waals surface area contributed by atoms with Crippen molar-refractivity contribution in [2.75, 3.05) is 56.7 Å². The van der Waals surface area contributed by atoms with E-state index >= 15 is 0 Å². The molecule has 0 bridgehead atoms. The summed E-state index contributed by atoms with van der Waals surface area (Å²) >= 11 is 0. The summed E-state index contributed by atoms with van der Waals surface area (Å²) in [5.41, 5.74) is 1.27. The van der Waals surface area contributed by atoms with E-state index in [0.717, 1.165) is 64.5 Å². The van der Waals surface area contributed by atoms with Crippen LogP contribution in [0.15, 0.2) is 12.1 Å². The van der Waals surface area contributed by atoms with E-state index in [4.69, 9.17) is 9.72 Å². The molecule has 0 radical (unpaired) electrons. The lowest BCUT2D eigenvalue weighted by Gasteiger charge is -2.35. The maximum absolute atomic E-state index is 12.1. The Balaban J connectivity index is 1.59. The molecule has 6 heteroatoms. The number of nitrogens with one attached hydrogen (secondary N) is 1. The molecule has 1 aromatic rings. The molecule has 1 amide bonds. The Morgan fingerprint density at radius 1 is 1.21 bits per heavy atom. The van der Waals surface area contributed by atoms with E-state index in [2.05, 4.69) is 28.2 Å². The third-order valence-electron chi connectivity index (χ3n) is 5.28. The van der Waals surface area contributed by atoms with Crippen molar-refractivity contribution in [2.45, 2.75) is 25.2 Å². The largest absolute Gasteiger partial charge is 0.381 e. The van der Waals surface area contributed by atoms with Crippen LogP contribution in [0.5, 0.6) is 0 Å². The van der Waals surface area contributed by atoms with Crippen molar-refractivity contribution < 1.29 is 9.53 Å². The Kier molecular flexibility index (Phi) is 4.41. The average Bonchev–Trinajstić information content (AvgIpc) is 3.31. The molecule has 130 valence electrons. The minimum absolute atomic E-state index is 0.115. The van der Waals surface area contributed by atoms with E-state index in [1.807, 2.05) is 6.07 Å². The number of hydrogen-bond acceptors (Lipinski definition) is 5. The normalized spacial score (nSPS) is 25.0. The molecule has 24 heavy (non-hydrogen) atoms. The van der Waals surface area contributed by atoms with Crippen molar-refractivity contribution in [3.8, 4) is 0 Å². The first-order valence-corrected chi connectivity index (χ1v) is 9.04. The van der Waals surface area contributed by atoms with E-state index in [-0.39, 0.29) is 11.8 Å². The molecule has 3 heterocycles. The molecule has 3 fully saturated rings. The zero-order valence-corrected chi connectivity index (χ0v) is 14.3. The van der Waals surface area contributed by atoms with E-state index in [9.17, 15) is 4.79 Å². The van der Waals surface area contributed by atoms with E-state index in [0.29, 0.717) is 11.7 Å². The van der Waals surface area contributed by atoms with Gasteiger partial charge in [-0.05, 0) is 32.4 Å². The third-order valence-corrected chi connectivity index (χ3v) is 5.28. The fourth-order valence-electron chi connectivity index (χ4n) is 3.47. The molecule has 1 aromatic heterocycles. The molecule has 4 rings (SSSR count). The minimum Gasteiger partial charge on any atom is -0.381 e. The first kappa shape index (κ1) is 15.8. The summed E-state index contributed by atoms with van der Waals surface area (Å²) in [4.78, 5) is 21.6. The summed E-state index contributed by atoms with van der Waals surface area (Å²) < 4.78 is 5.58. The van der Waals surface area contributed by atoms with Gasteiger partial charge in [-0.15, -0.1) is 0 Å². The van der Waals surface area contributed by atoms with Crippen LogP contribution in [0.4, 0.5) is 11.6 Å². The zero-order chi connectivity index (χ0) is 16.5. The first-order chi connectivity index (χ1) is 11.7. The molecule has 2 aliphatic heterocycles. The van der Waals surface area contributed by atoms with Crippen LogP contribution in [0.1, 0.15) is 30.7 Å². The quantitative estimate of drug-likeness (QED) is 0.910. The van der Waals surface area contributed by atoms with Crippen LogP contribution in [0.2, 0.25) is 0 Å². The van der Waals surface area contributed by atoms with Crippen molar-refractivity contribution in [2.24, 2.45) is 5.92 Å². The number of pyridine rings is 1. The van der Waals surface area contributed by atoms with Gasteiger partial charge >= 0.3 is 0 Å². The monoisotopic (exact) mass is 330 g/mol. The predicted octanol–water partition coefficient (Wildman–Crippen LogP) is 1.69. The van der Waals surface area contributed by atoms with Gasteiger partial charge < -0.3 is 19.9 Å². The van der Waals surface area contributed by atoms with Crippen LogP contribution in [-0.2, 0) is 9.53 Å². The molecule has 3 aliphatic rings. The SMILES string of the molecule is CN1CCN(c2nc(NC(=O)C3CC3)ccc2C2CCOC2)CC1. The summed E-state index contributed by atoms with van der Waals surface area (Å²) in [7, 11) is 2.16. The molecule has 1 N–H and O–H groups in total. The molecule has 1 atom stereocenters. The van der Waals surface area contributed by atoms with Gasteiger partial charge in [0.05, 0.1) is 6.61 Å². The smallest absolute Gasteiger partial charge is 0.228 e. The lowest BCUT2D eigenvalue weighted by Crippen LogP contribution is -2.45. The number of anilines is 2. The Morgan fingerprint density at radius 2 is 2.00 bits per heavy atom. The zero-order valence-electron chi connectivity index (χ0n) is 14.3. The second-order valence-corrected chi connectivity index (χ2v) is 7.22. The van der Waals surface area contributed by atoms with Crippen LogP contribution in [0, 0.1) is 5.92 Å². The number of hydrogen-bond donors (Lipinski definition) is 1. The predicted molar refractivity (Wildman–Crippen MR) is 93.5 cm³/mol. The van der Waals surface area contributed by atoms with Crippen LogP contribution >= 0.6 is 0 Å². The van der Waals surface area contributed by atoms with Gasteiger partial charge in [-0.3, -0.25) is 4.79 Å². The van der Waals surface area contributed by atoms with Crippen molar-refractivity contribution in [3.63, 3.8) is 0 Å². The average molecular weight is 330 g/mol. The summed E-state index contributed by atoms with van der Waals surface area (Å²) in [6.45, 7) is 5.64. The fraction of sp³-hybridized carbons (Fsp3) is 0.667. The number of ether oxygens (including phenoxy) is 1. The van der Waals surface area contributed by atoms with Gasteiger partial charge in [0.2, 0.25) is 5.91 Å². The standard InChI is InChI=1S/C18H26N4O2/c1-21-7-9-22(10-8-21)17-15(14-6-11-24-12-14)4-5-16(19-17)20-18(23)13-2-3-13/h4-5,13-14H,2-3,6-12H2,1H3,(H,19,20,23). The van der Waals surface area contributed by atoms with Crippen molar-refractivity contribution in [1.82, 2.24) is 9.88 Å². The second kappa shape index (κ2) is 6.69. The van der Waals surface area contributed by atoms with Gasteiger partial charge in [-0.2, -0.15) is 0 Å². The van der Waals surface area contributed by atoms with Crippen molar-refractivity contribution in [1.29, 1.82) is 0 Å². The number of rotatable bonds is 4. The minimum atomic E-state index is 0.115. The van der Waals surface area contributed by atoms with Crippen LogP contribution < -0.4 is 10.2 Å². The maximum atomic E-state index is 12.1. The molecule has 6 nitrogen and oxygen atoms in total. The molecule has 1 unspecified atom stereocenters. The van der Waals surface area contributed by atoms with Crippen molar-refractivity contribution in [3.05, 3.63) is 17.7 Å². The van der Waals surface area contributed by atoms with Gasteiger partial charge in [-0.25, -0.2) is 4.98 Å². The van der Waals surface area contributed by atoms with Gasteiger partial charge in [0.25, 0.3) is 0 Å². The van der Waals surface area contributed by atoms with Gasteiger partial charge in [0, 0.05) is 50.2 Å². The number of carbonyl (C=O) groups is 1. The number of piperazine rings is 1. The maximum Gasteiger partial charge on any atom is 0.228 e. The highest BCUT2D eigenvalue weighted by molar-refractivity contribution is 5.93. The highest BCUT2D eigenvalue weighted by Crippen LogP contribution is 2.34. The number of amides is 1. The van der Waals surface area contributed by atoms with Gasteiger partial charge in [0.15, 0.2) is 0 Å². The summed E-state index contributed by atoms with van der Waals surface area (Å²) in [5.74, 6) is 2.45. The lowest BCUT2D eigenvalue weighted by molar-refractivity contribution is -0.117. The Labute approximate surface area is 143 Å². The topological polar surface area (TPSA) is 57.7 Å². The number of carbonyl (C=O) groups excluding carboxylic acids is 1. The highest BCUT2D eigenvalue weighted by Gasteiger charge is 2.30. The van der Waals surface area contributed by atoms with Crippen LogP contribution in [0.3, 0.4) is 0 Å². The first-order valence-electron chi connectivity index (χ1n) is 9.04. The van der Waals surface area contributed by atoms with Crippen LogP contribution in [0.25, 0.3) is 0 Å². The highest BCUT2D eigenvalue weighted by atomic mass is 16.5. The lowest BCUT2D eigenvalue weighted by atomic mass is 9.98. The molecule has 1 saturated carbocycles. The Hall–Kier alpha value is -1.66. The molecular weight excluding hydrogens is 304 g/mol. The number of likely N-dealkylation sites (N-methyl/N-ethyl adjacent to an activating group) is 1. The second-order valence-electron chi connectivity index (χ2n) is 7.22. The van der Waals surface area contributed by atoms with Crippen molar-refractivity contribution >= 4 is 17.5 Å². The molecule has 0 spiro atoms. The van der Waals surface area contributed by atoms with E-state index in [1.54, 1.807) is 0 Å². The fourth-order valence-corrected chi connectivity index (χ4v) is 3.47. The third kappa shape index (κ3) is 3.39. The number of nitrogens with zero attached hydrogens (tertiary/aromatic N) is 3. The summed E-state index contributed by atoms with van der Waals surface area (Å²) in [6, 6.07) is 4.09. The Bertz CT molecular complexity index is 603. The van der Waals surface area contributed by atoms with Gasteiger partial charge in [-0.1, -0.05) is 6.07 Å². The number of aromatic nitrogens is 1.